The van der Waals surface area contributed by atoms with Crippen LogP contribution in [-0.4, -0.2) is 19.1 Å². The fourth-order valence-electron chi connectivity index (χ4n) is 2.02. The normalized spacial score (nSPS) is 12.2. The van der Waals surface area contributed by atoms with Crippen LogP contribution in [0.25, 0.3) is 0 Å². The summed E-state index contributed by atoms with van der Waals surface area (Å²) in [6, 6.07) is 8.20. The van der Waals surface area contributed by atoms with Gasteiger partial charge in [0.15, 0.2) is 0 Å². The van der Waals surface area contributed by atoms with E-state index in [1.165, 1.54) is 5.56 Å². The van der Waals surface area contributed by atoms with Gasteiger partial charge in [-0.05, 0) is 50.9 Å². The minimum atomic E-state index is -0.0900. The lowest BCUT2D eigenvalue weighted by molar-refractivity contribution is -0.143. The molecule has 0 aliphatic carbocycles. The van der Waals surface area contributed by atoms with Gasteiger partial charge in [0.25, 0.3) is 0 Å². The lowest BCUT2D eigenvalue weighted by atomic mass is 10.1. The SMILES string of the molecule is CCOC(=O)CCCCCNC(C)c1cccc(Cl)c1. The summed E-state index contributed by atoms with van der Waals surface area (Å²) in [4.78, 5) is 11.2. The highest BCUT2D eigenvalue weighted by Gasteiger charge is 2.05. The average Bonchev–Trinajstić information content (AvgIpc) is 2.42. The number of halogens is 1. The molecule has 0 saturated carbocycles. The van der Waals surface area contributed by atoms with Crippen LogP contribution in [0.1, 0.15) is 51.1 Å². The molecule has 1 N–H and O–H groups in total. The van der Waals surface area contributed by atoms with Gasteiger partial charge in [0.2, 0.25) is 0 Å². The van der Waals surface area contributed by atoms with Crippen molar-refractivity contribution in [2.45, 2.75) is 45.6 Å². The average molecular weight is 298 g/mol. The number of rotatable bonds is 9. The number of ether oxygens (including phenoxy) is 1. The number of nitrogens with one attached hydrogen (secondary N) is 1. The van der Waals surface area contributed by atoms with Gasteiger partial charge >= 0.3 is 5.97 Å². The number of carbonyl (C=O) groups excluding carboxylic acids is 1. The summed E-state index contributed by atoms with van der Waals surface area (Å²) in [6.45, 7) is 5.37. The Balaban J connectivity index is 2.11. The highest BCUT2D eigenvalue weighted by Crippen LogP contribution is 2.17. The molecule has 0 aromatic heterocycles. The van der Waals surface area contributed by atoms with Crippen LogP contribution >= 0.6 is 11.6 Å². The van der Waals surface area contributed by atoms with E-state index in [9.17, 15) is 4.79 Å². The molecule has 4 heteroatoms. The Morgan fingerprint density at radius 3 is 2.85 bits per heavy atom. The fraction of sp³-hybridized carbons (Fsp3) is 0.562. The molecule has 20 heavy (non-hydrogen) atoms. The molecule has 0 spiro atoms. The third kappa shape index (κ3) is 6.92. The van der Waals surface area contributed by atoms with Crippen molar-refractivity contribution in [1.29, 1.82) is 0 Å². The van der Waals surface area contributed by atoms with E-state index < -0.39 is 0 Å². The van der Waals surface area contributed by atoms with Crippen LogP contribution in [0, 0.1) is 0 Å². The summed E-state index contributed by atoms with van der Waals surface area (Å²) in [6.07, 6.45) is 3.52. The number of hydrogen-bond donors (Lipinski definition) is 1. The number of esters is 1. The summed E-state index contributed by atoms with van der Waals surface area (Å²) in [5.41, 5.74) is 1.20. The van der Waals surface area contributed by atoms with E-state index in [1.807, 2.05) is 25.1 Å². The monoisotopic (exact) mass is 297 g/mol. The van der Waals surface area contributed by atoms with E-state index in [4.69, 9.17) is 16.3 Å². The highest BCUT2D eigenvalue weighted by molar-refractivity contribution is 6.30. The van der Waals surface area contributed by atoms with Crippen molar-refractivity contribution in [2.75, 3.05) is 13.2 Å². The Kier molecular flexibility index (Phi) is 8.31. The molecule has 0 fully saturated rings. The van der Waals surface area contributed by atoms with E-state index in [0.29, 0.717) is 19.1 Å². The zero-order valence-electron chi connectivity index (χ0n) is 12.3. The van der Waals surface area contributed by atoms with E-state index >= 15 is 0 Å². The first kappa shape index (κ1) is 17.0. The van der Waals surface area contributed by atoms with Crippen LogP contribution in [0.5, 0.6) is 0 Å². The maximum absolute atomic E-state index is 11.2. The van der Waals surface area contributed by atoms with Gasteiger partial charge in [-0.25, -0.2) is 0 Å². The Hall–Kier alpha value is -1.06. The second kappa shape index (κ2) is 9.78. The van der Waals surface area contributed by atoms with Crippen molar-refractivity contribution < 1.29 is 9.53 Å². The van der Waals surface area contributed by atoms with E-state index in [2.05, 4.69) is 18.3 Å². The lowest BCUT2D eigenvalue weighted by Crippen LogP contribution is -2.19. The van der Waals surface area contributed by atoms with Crippen LogP contribution in [0.3, 0.4) is 0 Å². The van der Waals surface area contributed by atoms with E-state index in [0.717, 1.165) is 30.8 Å². The Morgan fingerprint density at radius 2 is 2.15 bits per heavy atom. The minimum Gasteiger partial charge on any atom is -0.466 e. The lowest BCUT2D eigenvalue weighted by Gasteiger charge is -2.14. The topological polar surface area (TPSA) is 38.3 Å². The minimum absolute atomic E-state index is 0.0900. The van der Waals surface area contributed by atoms with Gasteiger partial charge < -0.3 is 10.1 Å². The molecular formula is C16H24ClNO2. The highest BCUT2D eigenvalue weighted by atomic mass is 35.5. The van der Waals surface area contributed by atoms with Gasteiger partial charge in [-0.15, -0.1) is 0 Å². The third-order valence-electron chi connectivity index (χ3n) is 3.16. The van der Waals surface area contributed by atoms with Crippen molar-refractivity contribution in [3.63, 3.8) is 0 Å². The maximum Gasteiger partial charge on any atom is 0.305 e. The van der Waals surface area contributed by atoms with Crippen molar-refractivity contribution in [2.24, 2.45) is 0 Å². The summed E-state index contributed by atoms with van der Waals surface area (Å²) >= 11 is 5.98. The molecule has 1 aromatic rings. The molecule has 0 saturated heterocycles. The second-order valence-corrected chi connectivity index (χ2v) is 5.28. The zero-order valence-corrected chi connectivity index (χ0v) is 13.1. The van der Waals surface area contributed by atoms with Gasteiger partial charge in [0.1, 0.15) is 0 Å². The predicted molar refractivity (Wildman–Crippen MR) is 83.0 cm³/mol. The molecule has 1 aromatic carbocycles. The number of hydrogen-bond acceptors (Lipinski definition) is 3. The van der Waals surface area contributed by atoms with Crippen LogP contribution in [0.2, 0.25) is 5.02 Å². The second-order valence-electron chi connectivity index (χ2n) is 4.85. The van der Waals surface area contributed by atoms with Gasteiger partial charge in [-0.3, -0.25) is 4.79 Å². The molecule has 1 rings (SSSR count). The summed E-state index contributed by atoms with van der Waals surface area (Å²) in [7, 11) is 0. The van der Waals surface area contributed by atoms with Crippen LogP contribution in [0.4, 0.5) is 0 Å². The Bertz CT molecular complexity index is 409. The summed E-state index contributed by atoms with van der Waals surface area (Å²) in [5, 5.41) is 4.23. The molecule has 1 unspecified atom stereocenters. The van der Waals surface area contributed by atoms with E-state index in [-0.39, 0.29) is 5.97 Å². The first-order valence-corrected chi connectivity index (χ1v) is 7.65. The zero-order chi connectivity index (χ0) is 14.8. The Labute approximate surface area is 126 Å². The van der Waals surface area contributed by atoms with Crippen LogP contribution < -0.4 is 5.32 Å². The number of benzene rings is 1. The van der Waals surface area contributed by atoms with Crippen LogP contribution in [0.15, 0.2) is 24.3 Å². The maximum atomic E-state index is 11.2. The molecule has 0 radical (unpaired) electrons. The van der Waals surface area contributed by atoms with Gasteiger partial charge in [-0.2, -0.15) is 0 Å². The van der Waals surface area contributed by atoms with Crippen molar-refractivity contribution in [3.8, 4) is 0 Å². The van der Waals surface area contributed by atoms with Gasteiger partial charge in [-0.1, -0.05) is 30.2 Å². The predicted octanol–water partition coefficient (Wildman–Crippen LogP) is 4.11. The smallest absolute Gasteiger partial charge is 0.305 e. The first-order chi connectivity index (χ1) is 9.63. The first-order valence-electron chi connectivity index (χ1n) is 7.28. The standard InChI is InChI=1S/C16H24ClNO2/c1-3-20-16(19)10-5-4-6-11-18-13(2)14-8-7-9-15(17)12-14/h7-9,12-13,18H,3-6,10-11H2,1-2H3. The third-order valence-corrected chi connectivity index (χ3v) is 3.40. The molecule has 3 nitrogen and oxygen atoms in total. The number of carbonyl (C=O) groups is 1. The molecular weight excluding hydrogens is 274 g/mol. The molecule has 0 aliphatic heterocycles. The largest absolute Gasteiger partial charge is 0.466 e. The molecule has 1 atom stereocenters. The van der Waals surface area contributed by atoms with Gasteiger partial charge in [0, 0.05) is 17.5 Å². The fourth-order valence-corrected chi connectivity index (χ4v) is 2.22. The molecule has 0 heterocycles. The molecule has 112 valence electrons. The van der Waals surface area contributed by atoms with Gasteiger partial charge in [0.05, 0.1) is 6.61 Å². The molecule has 0 bridgehead atoms. The van der Waals surface area contributed by atoms with E-state index in [1.54, 1.807) is 0 Å². The van der Waals surface area contributed by atoms with Crippen molar-refractivity contribution in [3.05, 3.63) is 34.9 Å². The van der Waals surface area contributed by atoms with Crippen molar-refractivity contribution in [1.82, 2.24) is 5.32 Å². The van der Waals surface area contributed by atoms with Crippen LogP contribution in [-0.2, 0) is 9.53 Å². The molecule has 0 aliphatic rings. The quantitative estimate of drug-likeness (QED) is 0.550. The molecule has 0 amide bonds. The summed E-state index contributed by atoms with van der Waals surface area (Å²) in [5.74, 6) is -0.0900. The number of unbranched alkanes of at least 4 members (excludes halogenated alkanes) is 2. The summed E-state index contributed by atoms with van der Waals surface area (Å²) < 4.78 is 4.89. The van der Waals surface area contributed by atoms with Crippen molar-refractivity contribution >= 4 is 17.6 Å². The Morgan fingerprint density at radius 1 is 1.35 bits per heavy atom.